The third kappa shape index (κ3) is 3.62. The number of imidazole rings is 1. The lowest BCUT2D eigenvalue weighted by atomic mass is 10.1. The van der Waals surface area contributed by atoms with Gasteiger partial charge in [-0.25, -0.2) is 18.1 Å². The number of nitrogen functional groups attached to an aromatic ring is 1. The Morgan fingerprint density at radius 2 is 2.10 bits per heavy atom. The van der Waals surface area contributed by atoms with Crippen LogP contribution in [-0.4, -0.2) is 24.5 Å². The van der Waals surface area contributed by atoms with Crippen LogP contribution in [0.3, 0.4) is 0 Å². The standard InChI is InChI=1S/C14H20N4O2S/c1-11-4-5-13(15)14(12(11)2)21(19,20)17-6-3-8-18-9-7-16-10-18/h4-5,7,9-10,17H,3,6,8,15H2,1-2H3. The van der Waals surface area contributed by atoms with E-state index in [1.165, 1.54) is 0 Å². The molecule has 0 radical (unpaired) electrons. The van der Waals surface area contributed by atoms with Gasteiger partial charge in [-0.05, 0) is 37.5 Å². The molecule has 1 aromatic carbocycles. The molecule has 0 unspecified atom stereocenters. The molecule has 0 saturated carbocycles. The van der Waals surface area contributed by atoms with Gasteiger partial charge in [-0.15, -0.1) is 0 Å². The number of sulfonamides is 1. The molecule has 2 rings (SSSR count). The van der Waals surface area contributed by atoms with Gasteiger partial charge in [0, 0.05) is 25.5 Å². The molecule has 1 aromatic heterocycles. The van der Waals surface area contributed by atoms with Gasteiger partial charge in [0.15, 0.2) is 0 Å². The Hall–Kier alpha value is -1.86. The largest absolute Gasteiger partial charge is 0.398 e. The van der Waals surface area contributed by atoms with E-state index in [4.69, 9.17) is 5.73 Å². The third-order valence-electron chi connectivity index (χ3n) is 3.42. The van der Waals surface area contributed by atoms with E-state index in [1.807, 2.05) is 23.8 Å². The monoisotopic (exact) mass is 308 g/mol. The first-order valence-electron chi connectivity index (χ1n) is 6.73. The normalized spacial score (nSPS) is 11.7. The van der Waals surface area contributed by atoms with E-state index >= 15 is 0 Å². The lowest BCUT2D eigenvalue weighted by Crippen LogP contribution is -2.27. The van der Waals surface area contributed by atoms with Crippen molar-refractivity contribution in [3.05, 3.63) is 42.0 Å². The van der Waals surface area contributed by atoms with Crippen LogP contribution in [0.2, 0.25) is 0 Å². The number of benzene rings is 1. The van der Waals surface area contributed by atoms with Gasteiger partial charge < -0.3 is 10.3 Å². The van der Waals surface area contributed by atoms with Crippen LogP contribution in [0.15, 0.2) is 35.7 Å². The number of nitrogens with two attached hydrogens (primary N) is 1. The van der Waals surface area contributed by atoms with Crippen LogP contribution in [0.5, 0.6) is 0 Å². The summed E-state index contributed by atoms with van der Waals surface area (Å²) in [4.78, 5) is 4.12. The minimum Gasteiger partial charge on any atom is -0.398 e. The van der Waals surface area contributed by atoms with Gasteiger partial charge in [-0.2, -0.15) is 0 Å². The molecule has 0 aliphatic carbocycles. The number of nitrogens with zero attached hydrogens (tertiary/aromatic N) is 2. The van der Waals surface area contributed by atoms with Crippen molar-refractivity contribution < 1.29 is 8.42 Å². The number of rotatable bonds is 6. The average molecular weight is 308 g/mol. The maximum Gasteiger partial charge on any atom is 0.242 e. The third-order valence-corrected chi connectivity index (χ3v) is 5.08. The van der Waals surface area contributed by atoms with Gasteiger partial charge >= 0.3 is 0 Å². The molecule has 0 bridgehead atoms. The van der Waals surface area contributed by atoms with Gasteiger partial charge in [0.25, 0.3) is 0 Å². The first kappa shape index (κ1) is 15.5. The van der Waals surface area contributed by atoms with Crippen LogP contribution >= 0.6 is 0 Å². The molecule has 0 amide bonds. The minimum absolute atomic E-state index is 0.185. The summed E-state index contributed by atoms with van der Waals surface area (Å²) in [5.74, 6) is 0. The molecule has 2 aromatic rings. The second-order valence-corrected chi connectivity index (χ2v) is 6.68. The van der Waals surface area contributed by atoms with Crippen molar-refractivity contribution >= 4 is 15.7 Å². The minimum atomic E-state index is -3.59. The zero-order chi connectivity index (χ0) is 15.5. The van der Waals surface area contributed by atoms with Crippen molar-refractivity contribution in [3.63, 3.8) is 0 Å². The van der Waals surface area contributed by atoms with Crippen LogP contribution in [0.4, 0.5) is 5.69 Å². The SMILES string of the molecule is Cc1ccc(N)c(S(=O)(=O)NCCCn2ccnc2)c1C. The van der Waals surface area contributed by atoms with E-state index in [0.717, 1.165) is 5.56 Å². The van der Waals surface area contributed by atoms with Crippen molar-refractivity contribution in [1.29, 1.82) is 0 Å². The molecule has 21 heavy (non-hydrogen) atoms. The first-order valence-corrected chi connectivity index (χ1v) is 8.21. The van der Waals surface area contributed by atoms with E-state index in [2.05, 4.69) is 9.71 Å². The summed E-state index contributed by atoms with van der Waals surface area (Å²) < 4.78 is 29.3. The van der Waals surface area contributed by atoms with Crippen LogP contribution in [0.25, 0.3) is 0 Å². The Morgan fingerprint density at radius 3 is 2.76 bits per heavy atom. The molecule has 1 heterocycles. The van der Waals surface area contributed by atoms with Crippen molar-refractivity contribution in [1.82, 2.24) is 14.3 Å². The van der Waals surface area contributed by atoms with Crippen molar-refractivity contribution in [2.75, 3.05) is 12.3 Å². The fourth-order valence-corrected chi connectivity index (χ4v) is 3.63. The predicted molar refractivity (Wildman–Crippen MR) is 82.4 cm³/mol. The number of nitrogens with one attached hydrogen (secondary N) is 1. The second kappa shape index (κ2) is 6.28. The highest BCUT2D eigenvalue weighted by atomic mass is 32.2. The zero-order valence-electron chi connectivity index (χ0n) is 12.2. The van der Waals surface area contributed by atoms with Crippen molar-refractivity contribution in [2.24, 2.45) is 0 Å². The van der Waals surface area contributed by atoms with Gasteiger partial charge in [-0.3, -0.25) is 0 Å². The summed E-state index contributed by atoms with van der Waals surface area (Å²) in [5.41, 5.74) is 7.70. The molecular weight excluding hydrogens is 288 g/mol. The molecule has 7 heteroatoms. The molecule has 0 fully saturated rings. The maximum atomic E-state index is 12.4. The highest BCUT2D eigenvalue weighted by molar-refractivity contribution is 7.89. The van der Waals surface area contributed by atoms with E-state index < -0.39 is 10.0 Å². The Balaban J connectivity index is 2.04. The quantitative estimate of drug-likeness (QED) is 0.624. The summed E-state index contributed by atoms with van der Waals surface area (Å²) in [6.07, 6.45) is 5.93. The lowest BCUT2D eigenvalue weighted by molar-refractivity contribution is 0.569. The molecular formula is C14H20N4O2S. The number of anilines is 1. The van der Waals surface area contributed by atoms with Gasteiger partial charge in [0.2, 0.25) is 10.0 Å². The molecule has 6 nitrogen and oxygen atoms in total. The van der Waals surface area contributed by atoms with Crippen LogP contribution in [-0.2, 0) is 16.6 Å². The second-order valence-electron chi connectivity index (χ2n) is 4.98. The Kier molecular flexibility index (Phi) is 4.64. The Labute approximate surface area is 125 Å². The first-order chi connectivity index (χ1) is 9.92. The predicted octanol–water partition coefficient (Wildman–Crippen LogP) is 1.45. The topological polar surface area (TPSA) is 90.0 Å². The van der Waals surface area contributed by atoms with E-state index in [-0.39, 0.29) is 10.6 Å². The highest BCUT2D eigenvalue weighted by Crippen LogP contribution is 2.24. The van der Waals surface area contributed by atoms with Crippen LogP contribution in [0.1, 0.15) is 17.5 Å². The van der Waals surface area contributed by atoms with E-state index in [1.54, 1.807) is 25.5 Å². The summed E-state index contributed by atoms with van der Waals surface area (Å²) in [6, 6.07) is 3.45. The van der Waals surface area contributed by atoms with Gasteiger partial charge in [0.1, 0.15) is 4.90 Å². The highest BCUT2D eigenvalue weighted by Gasteiger charge is 2.20. The summed E-state index contributed by atoms with van der Waals surface area (Å²) in [7, 11) is -3.59. The Morgan fingerprint density at radius 1 is 1.33 bits per heavy atom. The molecule has 114 valence electrons. The van der Waals surface area contributed by atoms with E-state index in [0.29, 0.717) is 25.1 Å². The number of aryl methyl sites for hydroxylation is 2. The van der Waals surface area contributed by atoms with Gasteiger partial charge in [0.05, 0.1) is 12.0 Å². The fourth-order valence-electron chi connectivity index (χ4n) is 2.13. The number of hydrogen-bond acceptors (Lipinski definition) is 4. The van der Waals surface area contributed by atoms with Crippen LogP contribution in [0, 0.1) is 13.8 Å². The molecule has 0 atom stereocenters. The smallest absolute Gasteiger partial charge is 0.242 e. The molecule has 3 N–H and O–H groups in total. The molecule has 0 aliphatic rings. The van der Waals surface area contributed by atoms with E-state index in [9.17, 15) is 8.42 Å². The molecule has 0 saturated heterocycles. The summed E-state index contributed by atoms with van der Waals surface area (Å²) in [5, 5.41) is 0. The van der Waals surface area contributed by atoms with Gasteiger partial charge in [-0.1, -0.05) is 6.07 Å². The average Bonchev–Trinajstić information content (AvgIpc) is 2.92. The summed E-state index contributed by atoms with van der Waals surface area (Å²) in [6.45, 7) is 4.71. The Bertz CT molecular complexity index is 709. The fraction of sp³-hybridized carbons (Fsp3) is 0.357. The lowest BCUT2D eigenvalue weighted by Gasteiger charge is -2.13. The molecule has 0 spiro atoms. The van der Waals surface area contributed by atoms with Crippen LogP contribution < -0.4 is 10.5 Å². The van der Waals surface area contributed by atoms with Crippen molar-refractivity contribution in [3.8, 4) is 0 Å². The van der Waals surface area contributed by atoms with Crippen molar-refractivity contribution in [2.45, 2.75) is 31.7 Å². The maximum absolute atomic E-state index is 12.4. The molecule has 0 aliphatic heterocycles. The number of aromatic nitrogens is 2. The zero-order valence-corrected chi connectivity index (χ0v) is 13.0. The summed E-state index contributed by atoms with van der Waals surface area (Å²) >= 11 is 0. The number of hydrogen-bond donors (Lipinski definition) is 2.